The van der Waals surface area contributed by atoms with E-state index >= 15 is 0 Å². The van der Waals surface area contributed by atoms with Gasteiger partial charge in [0.05, 0.1) is 0 Å². The second-order valence-electron chi connectivity index (χ2n) is 4.70. The average Bonchev–Trinajstić information content (AvgIpc) is 2.49. The molecule has 0 aliphatic rings. The standard InChI is InChI=1S/C16H18N2O3/c1-10-12(16(21)17-2)6-4-7-13(10)18-9-11-5-3-8-14(19)15(11)20/h3-8,18-20H,9H2,1-2H3,(H,17,21). The molecule has 2 rings (SSSR count). The number of benzene rings is 2. The fraction of sp³-hybridized carbons (Fsp3) is 0.188. The number of hydrogen-bond donors (Lipinski definition) is 4. The third kappa shape index (κ3) is 3.08. The second kappa shape index (κ2) is 6.17. The topological polar surface area (TPSA) is 81.6 Å². The van der Waals surface area contributed by atoms with Gasteiger partial charge in [-0.1, -0.05) is 18.2 Å². The zero-order valence-electron chi connectivity index (χ0n) is 12.0. The summed E-state index contributed by atoms with van der Waals surface area (Å²) in [6, 6.07) is 10.2. The Balaban J connectivity index is 2.21. The van der Waals surface area contributed by atoms with Crippen molar-refractivity contribution in [2.24, 2.45) is 0 Å². The minimum atomic E-state index is -0.148. The molecule has 0 radical (unpaired) electrons. The van der Waals surface area contributed by atoms with Gasteiger partial charge in [-0.25, -0.2) is 0 Å². The van der Waals surface area contributed by atoms with Gasteiger partial charge in [-0.05, 0) is 30.7 Å². The van der Waals surface area contributed by atoms with Crippen molar-refractivity contribution < 1.29 is 15.0 Å². The van der Waals surface area contributed by atoms with E-state index in [1.807, 2.05) is 13.0 Å². The molecule has 2 aromatic carbocycles. The monoisotopic (exact) mass is 286 g/mol. The number of rotatable bonds is 4. The normalized spacial score (nSPS) is 10.2. The van der Waals surface area contributed by atoms with Crippen molar-refractivity contribution in [2.45, 2.75) is 13.5 Å². The summed E-state index contributed by atoms with van der Waals surface area (Å²) in [5.74, 6) is -0.424. The van der Waals surface area contributed by atoms with Crippen LogP contribution in [0.25, 0.3) is 0 Å². The first-order valence-electron chi connectivity index (χ1n) is 6.60. The van der Waals surface area contributed by atoms with Crippen molar-refractivity contribution in [3.05, 3.63) is 53.1 Å². The molecule has 1 amide bonds. The molecule has 0 aromatic heterocycles. The van der Waals surface area contributed by atoms with Gasteiger partial charge in [-0.3, -0.25) is 4.79 Å². The number of amides is 1. The van der Waals surface area contributed by atoms with Crippen LogP contribution >= 0.6 is 0 Å². The van der Waals surface area contributed by atoms with Crippen LogP contribution in [0.4, 0.5) is 5.69 Å². The molecular formula is C16H18N2O3. The maximum atomic E-state index is 11.7. The smallest absolute Gasteiger partial charge is 0.251 e. The summed E-state index contributed by atoms with van der Waals surface area (Å²) >= 11 is 0. The molecule has 0 aliphatic heterocycles. The van der Waals surface area contributed by atoms with E-state index in [-0.39, 0.29) is 17.4 Å². The number of aromatic hydroxyl groups is 2. The van der Waals surface area contributed by atoms with Crippen molar-refractivity contribution in [1.82, 2.24) is 5.32 Å². The van der Waals surface area contributed by atoms with Gasteiger partial charge in [0.25, 0.3) is 5.91 Å². The first-order valence-corrected chi connectivity index (χ1v) is 6.60. The molecule has 0 bridgehead atoms. The van der Waals surface area contributed by atoms with E-state index in [9.17, 15) is 15.0 Å². The second-order valence-corrected chi connectivity index (χ2v) is 4.70. The van der Waals surface area contributed by atoms with Crippen LogP contribution in [-0.2, 0) is 6.54 Å². The fourth-order valence-electron chi connectivity index (χ4n) is 2.12. The quantitative estimate of drug-likeness (QED) is 0.650. The zero-order chi connectivity index (χ0) is 15.4. The minimum Gasteiger partial charge on any atom is -0.504 e. The van der Waals surface area contributed by atoms with E-state index in [1.54, 1.807) is 31.3 Å². The van der Waals surface area contributed by atoms with Crippen LogP contribution in [0.15, 0.2) is 36.4 Å². The van der Waals surface area contributed by atoms with Gasteiger partial charge in [-0.2, -0.15) is 0 Å². The number of carbonyl (C=O) groups is 1. The Morgan fingerprint density at radius 3 is 2.57 bits per heavy atom. The van der Waals surface area contributed by atoms with Crippen molar-refractivity contribution in [2.75, 3.05) is 12.4 Å². The predicted molar refractivity (Wildman–Crippen MR) is 81.7 cm³/mol. The van der Waals surface area contributed by atoms with Gasteiger partial charge < -0.3 is 20.8 Å². The van der Waals surface area contributed by atoms with Crippen LogP contribution in [0, 0.1) is 6.92 Å². The summed E-state index contributed by atoms with van der Waals surface area (Å²) in [4.78, 5) is 11.7. The molecule has 0 saturated carbocycles. The van der Waals surface area contributed by atoms with Crippen LogP contribution < -0.4 is 10.6 Å². The highest BCUT2D eigenvalue weighted by atomic mass is 16.3. The number of carbonyl (C=O) groups excluding carboxylic acids is 1. The van der Waals surface area contributed by atoms with Gasteiger partial charge >= 0.3 is 0 Å². The largest absolute Gasteiger partial charge is 0.504 e. The lowest BCUT2D eigenvalue weighted by Gasteiger charge is -2.13. The van der Waals surface area contributed by atoms with Crippen molar-refractivity contribution in [3.8, 4) is 11.5 Å². The summed E-state index contributed by atoms with van der Waals surface area (Å²) in [5.41, 5.74) is 2.82. The van der Waals surface area contributed by atoms with E-state index in [0.717, 1.165) is 11.3 Å². The van der Waals surface area contributed by atoms with E-state index < -0.39 is 0 Å². The van der Waals surface area contributed by atoms with Gasteiger partial charge in [0.2, 0.25) is 0 Å². The molecule has 4 N–H and O–H groups in total. The fourth-order valence-corrected chi connectivity index (χ4v) is 2.12. The van der Waals surface area contributed by atoms with Crippen LogP contribution in [-0.4, -0.2) is 23.2 Å². The first-order chi connectivity index (χ1) is 10.0. The molecule has 0 saturated heterocycles. The van der Waals surface area contributed by atoms with Crippen molar-refractivity contribution >= 4 is 11.6 Å². The molecule has 2 aromatic rings. The Hall–Kier alpha value is -2.69. The summed E-state index contributed by atoms with van der Waals surface area (Å²) in [6.45, 7) is 2.20. The highest BCUT2D eigenvalue weighted by Gasteiger charge is 2.11. The van der Waals surface area contributed by atoms with E-state index in [4.69, 9.17) is 0 Å². The maximum Gasteiger partial charge on any atom is 0.251 e. The summed E-state index contributed by atoms with van der Waals surface area (Å²) < 4.78 is 0. The van der Waals surface area contributed by atoms with E-state index in [1.165, 1.54) is 6.07 Å². The molecule has 0 fully saturated rings. The van der Waals surface area contributed by atoms with Crippen LogP contribution in [0.3, 0.4) is 0 Å². The highest BCUT2D eigenvalue weighted by molar-refractivity contribution is 5.96. The van der Waals surface area contributed by atoms with Crippen LogP contribution in [0.1, 0.15) is 21.5 Å². The number of hydrogen-bond acceptors (Lipinski definition) is 4. The molecular weight excluding hydrogens is 268 g/mol. The van der Waals surface area contributed by atoms with Gasteiger partial charge in [0, 0.05) is 30.4 Å². The molecule has 0 heterocycles. The lowest BCUT2D eigenvalue weighted by molar-refractivity contribution is 0.0962. The molecule has 5 nitrogen and oxygen atoms in total. The average molecular weight is 286 g/mol. The minimum absolute atomic E-state index is 0.134. The number of phenols is 2. The Morgan fingerprint density at radius 1 is 1.14 bits per heavy atom. The summed E-state index contributed by atoms with van der Waals surface area (Å²) in [6.07, 6.45) is 0. The Labute approximate surface area is 123 Å². The van der Waals surface area contributed by atoms with E-state index in [2.05, 4.69) is 10.6 Å². The van der Waals surface area contributed by atoms with Crippen LogP contribution in [0.5, 0.6) is 11.5 Å². The molecule has 0 aliphatic carbocycles. The highest BCUT2D eigenvalue weighted by Crippen LogP contribution is 2.29. The Kier molecular flexibility index (Phi) is 4.33. The van der Waals surface area contributed by atoms with E-state index in [0.29, 0.717) is 17.7 Å². The first kappa shape index (κ1) is 14.7. The Morgan fingerprint density at radius 2 is 1.86 bits per heavy atom. The number of para-hydroxylation sites is 1. The SMILES string of the molecule is CNC(=O)c1cccc(NCc2cccc(O)c2O)c1C. The molecule has 5 heteroatoms. The third-order valence-electron chi connectivity index (χ3n) is 3.37. The summed E-state index contributed by atoms with van der Waals surface area (Å²) in [7, 11) is 1.59. The maximum absolute atomic E-state index is 11.7. The zero-order valence-corrected chi connectivity index (χ0v) is 12.0. The number of anilines is 1. The lowest BCUT2D eigenvalue weighted by atomic mass is 10.1. The molecule has 21 heavy (non-hydrogen) atoms. The molecule has 0 atom stereocenters. The molecule has 0 unspecified atom stereocenters. The molecule has 0 spiro atoms. The van der Waals surface area contributed by atoms with Gasteiger partial charge in [-0.15, -0.1) is 0 Å². The Bertz CT molecular complexity index is 669. The predicted octanol–water partition coefficient (Wildman–Crippen LogP) is 2.38. The number of nitrogens with one attached hydrogen (secondary N) is 2. The summed E-state index contributed by atoms with van der Waals surface area (Å²) in [5, 5.41) is 25.0. The van der Waals surface area contributed by atoms with Crippen LogP contribution in [0.2, 0.25) is 0 Å². The van der Waals surface area contributed by atoms with Crippen molar-refractivity contribution in [1.29, 1.82) is 0 Å². The van der Waals surface area contributed by atoms with Gasteiger partial charge in [0.15, 0.2) is 11.5 Å². The third-order valence-corrected chi connectivity index (χ3v) is 3.37. The van der Waals surface area contributed by atoms with Gasteiger partial charge in [0.1, 0.15) is 0 Å². The molecule has 110 valence electrons. The number of phenolic OH excluding ortho intramolecular Hbond substituents is 2. The lowest BCUT2D eigenvalue weighted by Crippen LogP contribution is -2.19. The van der Waals surface area contributed by atoms with Crippen molar-refractivity contribution in [3.63, 3.8) is 0 Å².